The first-order valence-corrected chi connectivity index (χ1v) is 15.5. The van der Waals surface area contributed by atoms with Crippen LogP contribution < -0.4 is 14.8 Å². The highest BCUT2D eigenvalue weighted by Crippen LogP contribution is 2.37. The van der Waals surface area contributed by atoms with Gasteiger partial charge in [0.25, 0.3) is 0 Å². The Kier molecular flexibility index (Phi) is 14.8. The molecule has 46 heavy (non-hydrogen) atoms. The number of rotatable bonds is 18. The van der Waals surface area contributed by atoms with Crippen molar-refractivity contribution in [1.82, 2.24) is 0 Å². The summed E-state index contributed by atoms with van der Waals surface area (Å²) in [5, 5.41) is 22.5. The molecule has 0 aliphatic rings. The lowest BCUT2D eigenvalue weighted by Gasteiger charge is -2.17. The molecule has 0 heterocycles. The van der Waals surface area contributed by atoms with Gasteiger partial charge in [0.05, 0.1) is 37.7 Å². The maximum atomic E-state index is 13.4. The molecule has 0 aliphatic heterocycles. The summed E-state index contributed by atoms with van der Waals surface area (Å²) in [6, 6.07) is 20.3. The van der Waals surface area contributed by atoms with Gasteiger partial charge in [0.15, 0.2) is 5.75 Å². The van der Waals surface area contributed by atoms with Crippen LogP contribution in [0.4, 0.5) is 5.69 Å². The molecular formula is C36H37N3O6S. The number of fused-ring (bicyclic) bond motifs is 1. The highest BCUT2D eigenvalue weighted by molar-refractivity contribution is 7.80. The molecule has 9 nitrogen and oxygen atoms in total. The van der Waals surface area contributed by atoms with Crippen molar-refractivity contribution in [1.29, 1.82) is 10.5 Å². The fraction of sp³-hybridized carbons (Fsp3) is 0.278. The lowest BCUT2D eigenvalue weighted by molar-refractivity contribution is -0.139. The van der Waals surface area contributed by atoms with Crippen molar-refractivity contribution >= 4 is 41.0 Å². The average Bonchev–Trinajstić information content (AvgIpc) is 3.07. The Labute approximate surface area is 275 Å². The van der Waals surface area contributed by atoms with E-state index in [1.54, 1.807) is 31.3 Å². The van der Waals surface area contributed by atoms with Crippen molar-refractivity contribution in [2.75, 3.05) is 37.5 Å². The normalized spacial score (nSPS) is 10.4. The number of nitrogens with zero attached hydrogens (tertiary/aromatic N) is 2. The van der Waals surface area contributed by atoms with Gasteiger partial charge in [-0.25, -0.2) is 9.59 Å². The Balaban J connectivity index is 1.77. The van der Waals surface area contributed by atoms with Crippen LogP contribution in [0.5, 0.6) is 11.5 Å². The van der Waals surface area contributed by atoms with Crippen molar-refractivity contribution < 1.29 is 28.5 Å². The molecule has 3 aromatic rings. The second-order valence-electron chi connectivity index (χ2n) is 10.1. The van der Waals surface area contributed by atoms with E-state index in [-0.39, 0.29) is 18.8 Å². The number of esters is 2. The predicted octanol–water partition coefficient (Wildman–Crippen LogP) is 7.12. The van der Waals surface area contributed by atoms with Gasteiger partial charge >= 0.3 is 11.9 Å². The van der Waals surface area contributed by atoms with E-state index in [9.17, 15) is 9.59 Å². The maximum Gasteiger partial charge on any atom is 0.338 e. The first-order chi connectivity index (χ1) is 22.4. The quantitative estimate of drug-likeness (QED) is 0.0373. The predicted molar refractivity (Wildman–Crippen MR) is 181 cm³/mol. The number of benzene rings is 3. The van der Waals surface area contributed by atoms with Crippen LogP contribution in [0.15, 0.2) is 90.7 Å². The van der Waals surface area contributed by atoms with E-state index in [1.165, 1.54) is 12.2 Å². The molecule has 3 aromatic carbocycles. The van der Waals surface area contributed by atoms with Gasteiger partial charge in [-0.2, -0.15) is 23.2 Å². The van der Waals surface area contributed by atoms with E-state index in [0.717, 1.165) is 23.5 Å². The Morgan fingerprint density at radius 2 is 1.61 bits per heavy atom. The zero-order valence-corrected chi connectivity index (χ0v) is 26.7. The number of nitrogens with one attached hydrogen (secondary N) is 1. The maximum absolute atomic E-state index is 13.4. The number of hydrogen-bond acceptors (Lipinski definition) is 10. The molecule has 0 aromatic heterocycles. The minimum atomic E-state index is -0.489. The van der Waals surface area contributed by atoms with Crippen LogP contribution in [-0.4, -0.2) is 44.1 Å². The molecule has 0 atom stereocenters. The van der Waals surface area contributed by atoms with E-state index < -0.39 is 11.9 Å². The summed E-state index contributed by atoms with van der Waals surface area (Å²) in [4.78, 5) is 25.0. The number of unbranched alkanes of at least 4 members (excludes halogenated alkanes) is 1. The molecular weight excluding hydrogens is 602 g/mol. The Bertz CT molecular complexity index is 1640. The number of nitriles is 2. The van der Waals surface area contributed by atoms with Gasteiger partial charge in [-0.1, -0.05) is 43.0 Å². The second-order valence-corrected chi connectivity index (χ2v) is 10.5. The fourth-order valence-corrected chi connectivity index (χ4v) is 4.30. The molecule has 0 radical (unpaired) electrons. The molecule has 0 saturated carbocycles. The van der Waals surface area contributed by atoms with Crippen molar-refractivity contribution in [3.05, 3.63) is 102 Å². The number of anilines is 1. The summed E-state index contributed by atoms with van der Waals surface area (Å²) in [6.45, 7) is 6.52. The molecule has 0 aliphatic carbocycles. The molecule has 238 valence electrons. The molecule has 0 fully saturated rings. The number of allylic oxidation sites excluding steroid dienone is 3. The first-order valence-electron chi connectivity index (χ1n) is 14.8. The molecule has 1 N–H and O–H groups in total. The van der Waals surface area contributed by atoms with E-state index >= 15 is 0 Å². The summed E-state index contributed by atoms with van der Waals surface area (Å²) in [6.07, 6.45) is 7.03. The van der Waals surface area contributed by atoms with Crippen LogP contribution in [0.1, 0.15) is 42.1 Å². The van der Waals surface area contributed by atoms with Gasteiger partial charge in [0.2, 0.25) is 0 Å². The molecule has 10 heteroatoms. The molecule has 0 saturated heterocycles. The van der Waals surface area contributed by atoms with E-state index in [0.29, 0.717) is 65.8 Å². The van der Waals surface area contributed by atoms with E-state index in [4.69, 9.17) is 29.5 Å². The van der Waals surface area contributed by atoms with Crippen molar-refractivity contribution in [2.24, 2.45) is 0 Å². The van der Waals surface area contributed by atoms with Gasteiger partial charge in [-0.05, 0) is 67.9 Å². The first kappa shape index (κ1) is 35.3. The summed E-state index contributed by atoms with van der Waals surface area (Å²) < 4.78 is 22.7. The zero-order chi connectivity index (χ0) is 33.1. The van der Waals surface area contributed by atoms with Gasteiger partial charge in [-0.15, -0.1) is 0 Å². The highest BCUT2D eigenvalue weighted by Gasteiger charge is 2.19. The SMILES string of the molecule is C=C(C)C(=O)OCCCCOc1c(N/C=C/C=C(C#N)C#N)cc(C(=O)OCCc2ccc(OCCCS)cc2)c2ccccc12. The average molecular weight is 640 g/mol. The fourth-order valence-electron chi connectivity index (χ4n) is 4.17. The number of ether oxygens (including phenoxy) is 4. The third-order valence-corrected chi connectivity index (χ3v) is 6.86. The van der Waals surface area contributed by atoms with Gasteiger partial charge < -0.3 is 24.3 Å². The van der Waals surface area contributed by atoms with Crippen LogP contribution in [0, 0.1) is 22.7 Å². The molecule has 0 amide bonds. The largest absolute Gasteiger partial charge is 0.494 e. The number of thiol groups is 1. The third kappa shape index (κ3) is 11.1. The Hall–Kier alpha value is -5.19. The summed E-state index contributed by atoms with van der Waals surface area (Å²) >= 11 is 4.19. The topological polar surface area (TPSA) is 131 Å². The van der Waals surface area contributed by atoms with Crippen molar-refractivity contribution in [3.63, 3.8) is 0 Å². The highest BCUT2D eigenvalue weighted by atomic mass is 32.1. The minimum absolute atomic E-state index is 0.0553. The monoisotopic (exact) mass is 639 g/mol. The van der Waals surface area contributed by atoms with E-state index in [1.807, 2.05) is 48.5 Å². The standard InChI is InChI=1S/C36H37N3O6S/c1-26(2)35(40)44-19-6-5-18-43-34-31-11-4-3-10-30(31)32(23-33(34)39-17-7-9-28(24-37)25-38)36(41)45-21-16-27-12-14-29(15-13-27)42-20-8-22-46/h3-4,7,9-15,17,23,39,46H,1,5-6,8,16,18-22H2,2H3/b17-7+. The van der Waals surface area contributed by atoms with Gasteiger partial charge in [-0.3, -0.25) is 0 Å². The lowest BCUT2D eigenvalue weighted by atomic mass is 10.0. The van der Waals surface area contributed by atoms with Crippen LogP contribution in [0.3, 0.4) is 0 Å². The van der Waals surface area contributed by atoms with Crippen LogP contribution in [-0.2, 0) is 20.7 Å². The zero-order valence-electron chi connectivity index (χ0n) is 25.8. The molecule has 3 rings (SSSR count). The number of carbonyl (C=O) groups is 2. The summed E-state index contributed by atoms with van der Waals surface area (Å²) in [5.74, 6) is 1.14. The van der Waals surface area contributed by atoms with E-state index in [2.05, 4.69) is 24.5 Å². The van der Waals surface area contributed by atoms with Gasteiger partial charge in [0, 0.05) is 29.0 Å². The van der Waals surface area contributed by atoms with Crippen LogP contribution >= 0.6 is 12.6 Å². The van der Waals surface area contributed by atoms with Crippen LogP contribution in [0.25, 0.3) is 10.8 Å². The molecule has 0 spiro atoms. The lowest BCUT2D eigenvalue weighted by Crippen LogP contribution is -2.11. The Morgan fingerprint density at radius 3 is 2.30 bits per heavy atom. The molecule has 0 unspecified atom stereocenters. The number of hydrogen-bond donors (Lipinski definition) is 2. The van der Waals surface area contributed by atoms with Crippen molar-refractivity contribution in [3.8, 4) is 23.6 Å². The van der Waals surface area contributed by atoms with Crippen molar-refractivity contribution in [2.45, 2.75) is 32.6 Å². The van der Waals surface area contributed by atoms with Gasteiger partial charge in [0.1, 0.15) is 23.5 Å². The third-order valence-electron chi connectivity index (χ3n) is 6.54. The van der Waals surface area contributed by atoms with Crippen LogP contribution in [0.2, 0.25) is 0 Å². The number of carbonyl (C=O) groups excluding carboxylic acids is 2. The minimum Gasteiger partial charge on any atom is -0.494 e. The smallest absolute Gasteiger partial charge is 0.338 e. The second kappa shape index (κ2) is 19.3. The summed E-state index contributed by atoms with van der Waals surface area (Å²) in [5.41, 5.74) is 2.14. The summed E-state index contributed by atoms with van der Waals surface area (Å²) in [7, 11) is 0. The molecule has 0 bridgehead atoms. The Morgan fingerprint density at radius 1 is 0.913 bits per heavy atom.